The summed E-state index contributed by atoms with van der Waals surface area (Å²) in [7, 11) is 1.54. The van der Waals surface area contributed by atoms with Gasteiger partial charge in [0.2, 0.25) is 5.91 Å². The average molecular weight is 532 g/mol. The molecule has 0 saturated heterocycles. The van der Waals surface area contributed by atoms with E-state index in [1.807, 2.05) is 42.5 Å². The number of ether oxygens (including phenoxy) is 3. The Morgan fingerprint density at radius 3 is 2.54 bits per heavy atom. The maximum atomic E-state index is 12.3. The van der Waals surface area contributed by atoms with Crippen molar-refractivity contribution < 1.29 is 23.8 Å². The quantitative estimate of drug-likeness (QED) is 0.326. The number of para-hydroxylation sites is 1. The summed E-state index contributed by atoms with van der Waals surface area (Å²) < 4.78 is 15.9. The second kappa shape index (κ2) is 13.3. The molecule has 0 radical (unpaired) electrons. The number of carbonyl (C=O) groups is 2. The molecule has 10 nitrogen and oxygen atoms in total. The fourth-order valence-corrected chi connectivity index (χ4v) is 3.70. The number of nitrogens with two attached hydrogens (primary N) is 1. The Kier molecular flexibility index (Phi) is 9.84. The molecule has 0 saturated carbocycles. The number of benzene rings is 2. The van der Waals surface area contributed by atoms with E-state index in [4.69, 9.17) is 19.9 Å². The zero-order valence-electron chi connectivity index (χ0n) is 22.5. The van der Waals surface area contributed by atoms with E-state index in [0.29, 0.717) is 22.6 Å². The van der Waals surface area contributed by atoms with Gasteiger partial charge in [0.25, 0.3) is 0 Å². The van der Waals surface area contributed by atoms with Gasteiger partial charge in [0, 0.05) is 37.7 Å². The van der Waals surface area contributed by atoms with Gasteiger partial charge in [0.05, 0.1) is 5.69 Å². The number of rotatable bonds is 10. The van der Waals surface area contributed by atoms with Gasteiger partial charge >= 0.3 is 6.09 Å². The summed E-state index contributed by atoms with van der Waals surface area (Å²) in [6.07, 6.45) is -0.466. The number of aromatic nitrogens is 1. The Morgan fingerprint density at radius 2 is 1.82 bits per heavy atom. The van der Waals surface area contributed by atoms with Crippen LogP contribution in [0.25, 0.3) is 22.4 Å². The summed E-state index contributed by atoms with van der Waals surface area (Å²) in [6.45, 7) is 5.79. The first-order valence-corrected chi connectivity index (χ1v) is 12.4. The number of pyridine rings is 1. The van der Waals surface area contributed by atoms with Crippen LogP contribution in [0, 0.1) is 11.3 Å². The first kappa shape index (κ1) is 28.9. The molecular formula is C29H33N5O5. The van der Waals surface area contributed by atoms with Gasteiger partial charge in [0.15, 0.2) is 6.79 Å². The number of hydrogen-bond acceptors (Lipinski definition) is 8. The van der Waals surface area contributed by atoms with Crippen LogP contribution in [-0.2, 0) is 20.8 Å². The lowest BCUT2D eigenvalue weighted by Gasteiger charge is -2.19. The fourth-order valence-electron chi connectivity index (χ4n) is 3.70. The molecule has 1 heterocycles. The molecule has 0 aliphatic rings. The molecule has 39 heavy (non-hydrogen) atoms. The van der Waals surface area contributed by atoms with Crippen LogP contribution in [0.3, 0.4) is 0 Å². The van der Waals surface area contributed by atoms with E-state index in [0.717, 1.165) is 11.1 Å². The van der Waals surface area contributed by atoms with Crippen LogP contribution in [0.15, 0.2) is 54.6 Å². The number of nitrogen functional groups attached to an aromatic ring is 1. The zero-order valence-corrected chi connectivity index (χ0v) is 22.5. The standard InChI is InChI=1S/C29H33N5O5/c1-29(2,3)39-28(36)32-13-12-26(35)33-17-19-8-7-9-20(14-19)22-15-24(34-27(31)23(22)16-30)21-10-5-6-11-25(21)38-18-37-4/h5-11,14-15H,12-13,17-18H2,1-4H3,(H2,31,34)(H,32,36)(H,33,35). The van der Waals surface area contributed by atoms with Crippen molar-refractivity contribution >= 4 is 17.8 Å². The van der Waals surface area contributed by atoms with Gasteiger partial charge in [-0.25, -0.2) is 9.78 Å². The first-order chi connectivity index (χ1) is 18.6. The first-order valence-electron chi connectivity index (χ1n) is 12.4. The van der Waals surface area contributed by atoms with Crippen molar-refractivity contribution in [2.45, 2.75) is 39.3 Å². The zero-order chi connectivity index (χ0) is 28.4. The van der Waals surface area contributed by atoms with Gasteiger partial charge in [0.1, 0.15) is 28.8 Å². The van der Waals surface area contributed by atoms with Crippen molar-refractivity contribution in [3.05, 3.63) is 65.7 Å². The van der Waals surface area contributed by atoms with Crippen LogP contribution in [0.4, 0.5) is 10.6 Å². The summed E-state index contributed by atoms with van der Waals surface area (Å²) in [5.41, 5.74) is 9.27. The van der Waals surface area contributed by atoms with Gasteiger partial charge in [-0.15, -0.1) is 0 Å². The predicted molar refractivity (Wildman–Crippen MR) is 147 cm³/mol. The number of carbonyl (C=O) groups excluding carboxylic acids is 2. The van der Waals surface area contributed by atoms with Gasteiger partial charge in [-0.2, -0.15) is 5.26 Å². The van der Waals surface area contributed by atoms with E-state index < -0.39 is 11.7 Å². The van der Waals surface area contributed by atoms with E-state index >= 15 is 0 Å². The van der Waals surface area contributed by atoms with Gasteiger partial charge < -0.3 is 30.6 Å². The van der Waals surface area contributed by atoms with E-state index in [-0.39, 0.29) is 43.6 Å². The van der Waals surface area contributed by atoms with Crippen LogP contribution < -0.4 is 21.1 Å². The molecule has 3 rings (SSSR count). The number of amides is 2. The van der Waals surface area contributed by atoms with Gasteiger partial charge in [-0.1, -0.05) is 30.3 Å². The predicted octanol–water partition coefficient (Wildman–Crippen LogP) is 4.38. The topological polar surface area (TPSA) is 149 Å². The highest BCUT2D eigenvalue weighted by Gasteiger charge is 2.17. The summed E-state index contributed by atoms with van der Waals surface area (Å²) in [6, 6.07) is 18.8. The highest BCUT2D eigenvalue weighted by Crippen LogP contribution is 2.35. The second-order valence-corrected chi connectivity index (χ2v) is 9.63. The Hall–Kier alpha value is -4.62. The number of methoxy groups -OCH3 is 1. The molecule has 0 unspecified atom stereocenters. The second-order valence-electron chi connectivity index (χ2n) is 9.63. The van der Waals surface area contributed by atoms with Gasteiger partial charge in [-0.3, -0.25) is 4.79 Å². The Labute approximate surface area is 228 Å². The molecule has 0 aliphatic heterocycles. The van der Waals surface area contributed by atoms with E-state index in [1.165, 1.54) is 7.11 Å². The van der Waals surface area contributed by atoms with Crippen LogP contribution in [0.5, 0.6) is 5.75 Å². The molecule has 1 aromatic heterocycles. The largest absolute Gasteiger partial charge is 0.467 e. The number of nitrogens with one attached hydrogen (secondary N) is 2. The minimum absolute atomic E-state index is 0.0699. The molecule has 2 amide bonds. The minimum Gasteiger partial charge on any atom is -0.467 e. The fraction of sp³-hybridized carbons (Fsp3) is 0.310. The number of anilines is 1. The molecule has 0 fully saturated rings. The number of nitriles is 1. The highest BCUT2D eigenvalue weighted by atomic mass is 16.7. The summed E-state index contributed by atoms with van der Waals surface area (Å²) >= 11 is 0. The van der Waals surface area contributed by atoms with E-state index in [9.17, 15) is 14.9 Å². The maximum Gasteiger partial charge on any atom is 0.407 e. The van der Waals surface area contributed by atoms with Crippen LogP contribution >= 0.6 is 0 Å². The smallest absolute Gasteiger partial charge is 0.407 e. The van der Waals surface area contributed by atoms with Crippen molar-refractivity contribution in [1.82, 2.24) is 15.6 Å². The molecular weight excluding hydrogens is 498 g/mol. The summed E-state index contributed by atoms with van der Waals surface area (Å²) in [4.78, 5) is 28.5. The van der Waals surface area contributed by atoms with Crippen molar-refractivity contribution in [1.29, 1.82) is 5.26 Å². The van der Waals surface area contributed by atoms with Crippen LogP contribution in [0.2, 0.25) is 0 Å². The highest BCUT2D eigenvalue weighted by molar-refractivity contribution is 5.82. The lowest BCUT2D eigenvalue weighted by Crippen LogP contribution is -2.35. The van der Waals surface area contributed by atoms with Crippen LogP contribution in [0.1, 0.15) is 38.3 Å². The molecule has 0 aliphatic carbocycles. The third kappa shape index (κ3) is 8.45. The van der Waals surface area contributed by atoms with E-state index in [2.05, 4.69) is 21.7 Å². The Morgan fingerprint density at radius 1 is 1.05 bits per heavy atom. The number of nitrogens with zero attached hydrogens (tertiary/aromatic N) is 2. The van der Waals surface area contributed by atoms with Crippen molar-refractivity contribution in [2.24, 2.45) is 0 Å². The lowest BCUT2D eigenvalue weighted by molar-refractivity contribution is -0.121. The Balaban J connectivity index is 1.75. The van der Waals surface area contributed by atoms with E-state index in [1.54, 1.807) is 32.9 Å². The molecule has 204 valence electrons. The summed E-state index contributed by atoms with van der Waals surface area (Å²) in [5, 5.41) is 15.2. The average Bonchev–Trinajstić information content (AvgIpc) is 2.89. The molecule has 0 bridgehead atoms. The molecule has 3 aromatic rings. The SMILES string of the molecule is COCOc1ccccc1-c1cc(-c2cccc(CNC(=O)CCNC(=O)OC(C)(C)C)c2)c(C#N)c(N)n1. The monoisotopic (exact) mass is 531 g/mol. The molecule has 4 N–H and O–H groups in total. The maximum absolute atomic E-state index is 12.3. The minimum atomic E-state index is -0.607. The van der Waals surface area contributed by atoms with Crippen molar-refractivity contribution in [3.63, 3.8) is 0 Å². The van der Waals surface area contributed by atoms with Crippen molar-refractivity contribution in [3.8, 4) is 34.2 Å². The normalized spacial score (nSPS) is 10.8. The number of hydrogen-bond donors (Lipinski definition) is 3. The van der Waals surface area contributed by atoms with Gasteiger partial charge in [-0.05, 0) is 56.2 Å². The third-order valence-corrected chi connectivity index (χ3v) is 5.40. The Bertz CT molecular complexity index is 1360. The molecule has 2 aromatic carbocycles. The number of alkyl carbamates (subject to hydrolysis) is 1. The summed E-state index contributed by atoms with van der Waals surface area (Å²) in [5.74, 6) is 0.444. The lowest BCUT2D eigenvalue weighted by atomic mass is 9.97. The molecule has 0 atom stereocenters. The molecule has 10 heteroatoms. The van der Waals surface area contributed by atoms with Crippen LogP contribution in [-0.4, -0.2) is 43.0 Å². The third-order valence-electron chi connectivity index (χ3n) is 5.40. The van der Waals surface area contributed by atoms with Crippen molar-refractivity contribution in [2.75, 3.05) is 26.2 Å². The molecule has 0 spiro atoms.